The summed E-state index contributed by atoms with van der Waals surface area (Å²) >= 11 is 0. The number of halogens is 1. The maximum Gasteiger partial charge on any atom is 0.231 e. The van der Waals surface area contributed by atoms with Crippen molar-refractivity contribution in [2.24, 2.45) is 10.7 Å². The van der Waals surface area contributed by atoms with Gasteiger partial charge in [0, 0.05) is 24.3 Å². The second-order valence-corrected chi connectivity index (χ2v) is 7.66. The van der Waals surface area contributed by atoms with Gasteiger partial charge in [-0.15, -0.1) is 24.0 Å². The minimum Gasteiger partial charge on any atom is -0.454 e. The summed E-state index contributed by atoms with van der Waals surface area (Å²) in [5.41, 5.74) is 10.6. The standard InChI is InChI=1S/C22H27N3O3.HI/c1-15-9-16(2)11-18(10-15)25-21(23)24-13-22(5-7-26-8-6-22)17-3-4-19-20(12-17)28-14-27-19;/h3-4,9-12H,5-8,13-14H2,1-2H3,(H3,23,24,25);1H. The lowest BCUT2D eigenvalue weighted by atomic mass is 9.74. The molecule has 156 valence electrons. The van der Waals surface area contributed by atoms with Gasteiger partial charge in [-0.2, -0.15) is 0 Å². The minimum absolute atomic E-state index is 0. The van der Waals surface area contributed by atoms with Crippen LogP contribution in [0.1, 0.15) is 29.5 Å². The van der Waals surface area contributed by atoms with E-state index >= 15 is 0 Å². The number of nitrogens with one attached hydrogen (secondary N) is 1. The number of guanidine groups is 1. The molecule has 2 aromatic rings. The van der Waals surface area contributed by atoms with Gasteiger partial charge in [0.15, 0.2) is 17.5 Å². The SMILES string of the molecule is Cc1cc(C)cc(NC(N)=NCC2(c3ccc4c(c3)OCO4)CCOCC2)c1.I. The first-order valence-electron chi connectivity index (χ1n) is 9.67. The highest BCUT2D eigenvalue weighted by atomic mass is 127. The van der Waals surface area contributed by atoms with E-state index in [1.807, 2.05) is 6.07 Å². The first kappa shape index (κ1) is 21.7. The third-order valence-corrected chi connectivity index (χ3v) is 5.48. The van der Waals surface area contributed by atoms with E-state index in [2.05, 4.69) is 49.5 Å². The molecule has 0 amide bonds. The molecule has 6 nitrogen and oxygen atoms in total. The molecule has 0 aliphatic carbocycles. The van der Waals surface area contributed by atoms with Crippen LogP contribution in [-0.2, 0) is 10.2 Å². The van der Waals surface area contributed by atoms with Crippen molar-refractivity contribution in [3.63, 3.8) is 0 Å². The van der Waals surface area contributed by atoms with Crippen LogP contribution >= 0.6 is 24.0 Å². The summed E-state index contributed by atoms with van der Waals surface area (Å²) in [5, 5.41) is 3.23. The van der Waals surface area contributed by atoms with E-state index in [4.69, 9.17) is 24.9 Å². The molecule has 1 saturated heterocycles. The summed E-state index contributed by atoms with van der Waals surface area (Å²) in [6.45, 7) is 6.45. The van der Waals surface area contributed by atoms with Crippen LogP contribution in [0.2, 0.25) is 0 Å². The number of nitrogens with two attached hydrogens (primary N) is 1. The Morgan fingerprint density at radius 3 is 2.45 bits per heavy atom. The van der Waals surface area contributed by atoms with Gasteiger partial charge in [0.05, 0.1) is 6.54 Å². The molecule has 0 atom stereocenters. The first-order valence-corrected chi connectivity index (χ1v) is 9.67. The fourth-order valence-electron chi connectivity index (χ4n) is 4.00. The summed E-state index contributed by atoms with van der Waals surface area (Å²) in [4.78, 5) is 4.70. The molecule has 0 aromatic heterocycles. The van der Waals surface area contributed by atoms with Gasteiger partial charge >= 0.3 is 0 Å². The van der Waals surface area contributed by atoms with E-state index in [0.717, 1.165) is 30.0 Å². The summed E-state index contributed by atoms with van der Waals surface area (Å²) in [6.07, 6.45) is 1.79. The summed E-state index contributed by atoms with van der Waals surface area (Å²) in [5.74, 6) is 2.02. The zero-order valence-electron chi connectivity index (χ0n) is 16.9. The highest BCUT2D eigenvalue weighted by molar-refractivity contribution is 14.0. The molecule has 2 aliphatic rings. The fraction of sp³-hybridized carbons (Fsp3) is 0.409. The Morgan fingerprint density at radius 1 is 1.03 bits per heavy atom. The lowest BCUT2D eigenvalue weighted by molar-refractivity contribution is 0.0531. The minimum atomic E-state index is -0.117. The van der Waals surface area contributed by atoms with Crippen LogP contribution < -0.4 is 20.5 Å². The van der Waals surface area contributed by atoms with Gasteiger partial charge < -0.3 is 25.3 Å². The Balaban J connectivity index is 0.00000240. The van der Waals surface area contributed by atoms with Gasteiger partial charge in [0.2, 0.25) is 6.79 Å². The maximum atomic E-state index is 6.21. The smallest absolute Gasteiger partial charge is 0.231 e. The summed E-state index contributed by atoms with van der Waals surface area (Å²) < 4.78 is 16.6. The van der Waals surface area contributed by atoms with Crippen molar-refractivity contribution < 1.29 is 14.2 Å². The molecule has 1 fully saturated rings. The van der Waals surface area contributed by atoms with Gasteiger partial charge in [-0.25, -0.2) is 0 Å². The molecular weight excluding hydrogens is 481 g/mol. The number of hydrogen-bond donors (Lipinski definition) is 2. The Morgan fingerprint density at radius 2 is 1.72 bits per heavy atom. The van der Waals surface area contributed by atoms with E-state index in [0.29, 0.717) is 25.7 Å². The lowest BCUT2D eigenvalue weighted by Gasteiger charge is -2.36. The van der Waals surface area contributed by atoms with Gasteiger partial charge in [-0.1, -0.05) is 12.1 Å². The topological polar surface area (TPSA) is 78.1 Å². The monoisotopic (exact) mass is 509 g/mol. The molecular formula is C22H28IN3O3. The molecule has 0 spiro atoms. The van der Waals surface area contributed by atoms with Crippen LogP contribution in [-0.4, -0.2) is 32.5 Å². The third kappa shape index (κ3) is 4.95. The molecule has 4 rings (SSSR count). The highest BCUT2D eigenvalue weighted by Crippen LogP contribution is 2.41. The number of hydrogen-bond acceptors (Lipinski definition) is 4. The fourth-order valence-corrected chi connectivity index (χ4v) is 4.00. The number of anilines is 1. The Bertz CT molecular complexity index is 875. The molecule has 3 N–H and O–H groups in total. The zero-order valence-corrected chi connectivity index (χ0v) is 19.2. The van der Waals surface area contributed by atoms with Crippen LogP contribution in [0.15, 0.2) is 41.4 Å². The van der Waals surface area contributed by atoms with Crippen LogP contribution in [0.3, 0.4) is 0 Å². The Labute approximate surface area is 188 Å². The second-order valence-electron chi connectivity index (χ2n) is 7.66. The number of nitrogens with zero attached hydrogens (tertiary/aromatic N) is 1. The lowest BCUT2D eigenvalue weighted by Crippen LogP contribution is -2.38. The van der Waals surface area contributed by atoms with Gasteiger partial charge in [-0.3, -0.25) is 4.99 Å². The van der Waals surface area contributed by atoms with Crippen LogP contribution in [0, 0.1) is 13.8 Å². The number of ether oxygens (including phenoxy) is 3. The summed E-state index contributed by atoms with van der Waals surface area (Å²) in [6, 6.07) is 12.4. The average Bonchev–Trinajstić information content (AvgIpc) is 3.14. The van der Waals surface area contributed by atoms with Crippen molar-refractivity contribution in [3.05, 3.63) is 53.1 Å². The van der Waals surface area contributed by atoms with Crippen molar-refractivity contribution in [2.75, 3.05) is 31.9 Å². The normalized spacial score (nSPS) is 17.5. The van der Waals surface area contributed by atoms with Gasteiger partial charge in [-0.05, 0) is 67.6 Å². The zero-order chi connectivity index (χ0) is 19.6. The predicted molar refractivity (Wildman–Crippen MR) is 126 cm³/mol. The quantitative estimate of drug-likeness (QED) is 0.369. The van der Waals surface area contributed by atoms with Gasteiger partial charge in [0.25, 0.3) is 0 Å². The first-order chi connectivity index (χ1) is 13.5. The Kier molecular flexibility index (Phi) is 6.89. The molecule has 2 aliphatic heterocycles. The molecule has 0 unspecified atom stereocenters. The molecule has 0 saturated carbocycles. The molecule has 7 heteroatoms. The van der Waals surface area contributed by atoms with Crippen LogP contribution in [0.4, 0.5) is 5.69 Å². The number of rotatable bonds is 4. The highest BCUT2D eigenvalue weighted by Gasteiger charge is 2.35. The summed E-state index contributed by atoms with van der Waals surface area (Å²) in [7, 11) is 0. The number of benzene rings is 2. The second kappa shape index (κ2) is 9.21. The molecule has 0 radical (unpaired) electrons. The Hall–Kier alpha value is -2.00. The molecule has 2 heterocycles. The maximum absolute atomic E-state index is 6.21. The predicted octanol–water partition coefficient (Wildman–Crippen LogP) is 4.13. The van der Waals surface area contributed by atoms with Crippen molar-refractivity contribution in [3.8, 4) is 11.5 Å². The average molecular weight is 509 g/mol. The van der Waals surface area contributed by atoms with Crippen molar-refractivity contribution in [1.29, 1.82) is 0 Å². The van der Waals surface area contributed by atoms with E-state index in [1.165, 1.54) is 16.7 Å². The van der Waals surface area contributed by atoms with Crippen molar-refractivity contribution in [1.82, 2.24) is 0 Å². The molecule has 0 bridgehead atoms. The van der Waals surface area contributed by atoms with E-state index in [-0.39, 0.29) is 36.2 Å². The molecule has 29 heavy (non-hydrogen) atoms. The van der Waals surface area contributed by atoms with E-state index in [9.17, 15) is 0 Å². The number of aliphatic imine (C=N–C) groups is 1. The van der Waals surface area contributed by atoms with Crippen LogP contribution in [0.25, 0.3) is 0 Å². The molecule has 2 aromatic carbocycles. The third-order valence-electron chi connectivity index (χ3n) is 5.48. The largest absolute Gasteiger partial charge is 0.454 e. The van der Waals surface area contributed by atoms with Gasteiger partial charge in [0.1, 0.15) is 0 Å². The van der Waals surface area contributed by atoms with E-state index < -0.39 is 0 Å². The van der Waals surface area contributed by atoms with Crippen molar-refractivity contribution >= 4 is 35.6 Å². The van der Waals surface area contributed by atoms with E-state index in [1.54, 1.807) is 0 Å². The van der Waals surface area contributed by atoms with Crippen molar-refractivity contribution in [2.45, 2.75) is 32.1 Å². The van der Waals surface area contributed by atoms with Crippen LogP contribution in [0.5, 0.6) is 11.5 Å². The number of fused-ring (bicyclic) bond motifs is 1. The number of aryl methyl sites for hydroxylation is 2.